The van der Waals surface area contributed by atoms with E-state index in [9.17, 15) is 4.79 Å². The summed E-state index contributed by atoms with van der Waals surface area (Å²) in [4.78, 5) is 24.0. The molecule has 33 heavy (non-hydrogen) atoms. The molecule has 1 aliphatic rings. The number of piperidine rings is 1. The molecule has 2 heterocycles. The van der Waals surface area contributed by atoms with Crippen LogP contribution in [0.4, 0.5) is 10.5 Å². The molecule has 1 unspecified atom stereocenters. The van der Waals surface area contributed by atoms with Gasteiger partial charge in [-0.05, 0) is 60.9 Å². The van der Waals surface area contributed by atoms with Gasteiger partial charge in [0.15, 0.2) is 0 Å². The van der Waals surface area contributed by atoms with Crippen molar-refractivity contribution in [3.8, 4) is 5.75 Å². The summed E-state index contributed by atoms with van der Waals surface area (Å²) in [6.07, 6.45) is 4.51. The number of aromatic nitrogens is 2. The number of carbonyl (C=O) groups excluding carboxylic acids is 1. The number of benzene rings is 2. The average Bonchev–Trinajstić information content (AvgIpc) is 2.83. The molecule has 0 spiro atoms. The number of nitrogens with one attached hydrogen (secondary N) is 2. The summed E-state index contributed by atoms with van der Waals surface area (Å²) in [6.45, 7) is 4.29. The second kappa shape index (κ2) is 10.6. The van der Waals surface area contributed by atoms with Crippen LogP contribution >= 0.6 is 11.6 Å². The highest BCUT2D eigenvalue weighted by Crippen LogP contribution is 2.29. The molecule has 0 aliphatic carbocycles. The third-order valence-electron chi connectivity index (χ3n) is 5.86. The number of amides is 2. The lowest BCUT2D eigenvalue weighted by Gasteiger charge is -2.39. The number of carbonyl (C=O) groups is 1. The number of hydrogen-bond acceptors (Lipinski definition) is 5. The van der Waals surface area contributed by atoms with Crippen molar-refractivity contribution in [2.45, 2.75) is 31.8 Å². The molecule has 2 amide bonds. The number of methoxy groups -OCH3 is 1. The highest BCUT2D eigenvalue weighted by molar-refractivity contribution is 6.30. The Morgan fingerprint density at radius 3 is 2.48 bits per heavy atom. The third-order valence-corrected chi connectivity index (χ3v) is 6.11. The largest absolute Gasteiger partial charge is 0.497 e. The molecular formula is C25H28ClN5O2. The molecule has 1 fully saturated rings. The van der Waals surface area contributed by atoms with Gasteiger partial charge >= 0.3 is 6.03 Å². The Hall–Kier alpha value is -3.16. The second-order valence-electron chi connectivity index (χ2n) is 8.29. The van der Waals surface area contributed by atoms with Gasteiger partial charge in [-0.15, -0.1) is 0 Å². The predicted molar refractivity (Wildman–Crippen MR) is 130 cm³/mol. The minimum Gasteiger partial charge on any atom is -0.497 e. The minimum absolute atomic E-state index is 0.0131. The lowest BCUT2D eigenvalue weighted by Crippen LogP contribution is -2.50. The Morgan fingerprint density at radius 1 is 1.12 bits per heavy atom. The van der Waals surface area contributed by atoms with E-state index in [-0.39, 0.29) is 18.0 Å². The fraction of sp³-hybridized carbons (Fsp3) is 0.320. The van der Waals surface area contributed by atoms with E-state index in [1.165, 1.54) is 0 Å². The van der Waals surface area contributed by atoms with Crippen LogP contribution in [0.25, 0.3) is 0 Å². The summed E-state index contributed by atoms with van der Waals surface area (Å²) in [6, 6.07) is 14.9. The van der Waals surface area contributed by atoms with E-state index in [1.54, 1.807) is 31.4 Å². The van der Waals surface area contributed by atoms with Crippen molar-refractivity contribution in [2.24, 2.45) is 0 Å². The standard InChI is InChI=1S/C25H28ClN5O2/c1-17-13-27-24(28-14-17)16-31-12-11-23(22(15-31)18-3-9-21(33-2)10-4-18)30-25(32)29-20-7-5-19(26)6-8-20/h3-10,13-14,22-23H,11-12,15-16H2,1-2H3,(H2,29,30,32)/t22?,23-/m1/s1. The van der Waals surface area contributed by atoms with Crippen LogP contribution < -0.4 is 15.4 Å². The normalized spacial score (nSPS) is 18.5. The first-order valence-electron chi connectivity index (χ1n) is 11.0. The SMILES string of the molecule is COc1ccc(C2CN(Cc3ncc(C)cn3)CC[C@H]2NC(=O)Nc2ccc(Cl)cc2)cc1. The number of ether oxygens (including phenoxy) is 1. The molecule has 1 aliphatic heterocycles. The number of rotatable bonds is 6. The molecule has 2 N–H and O–H groups in total. The van der Waals surface area contributed by atoms with E-state index >= 15 is 0 Å². The fourth-order valence-electron chi connectivity index (χ4n) is 4.09. The Balaban J connectivity index is 1.47. The zero-order valence-corrected chi connectivity index (χ0v) is 19.5. The fourth-order valence-corrected chi connectivity index (χ4v) is 4.22. The summed E-state index contributed by atoms with van der Waals surface area (Å²) < 4.78 is 5.32. The van der Waals surface area contributed by atoms with Crippen LogP contribution in [0.1, 0.15) is 29.3 Å². The minimum atomic E-state index is -0.226. The van der Waals surface area contributed by atoms with Crippen molar-refractivity contribution in [2.75, 3.05) is 25.5 Å². The van der Waals surface area contributed by atoms with Crippen LogP contribution in [0.3, 0.4) is 0 Å². The first kappa shape index (κ1) is 23.0. The van der Waals surface area contributed by atoms with Crippen LogP contribution in [0.15, 0.2) is 60.9 Å². The van der Waals surface area contributed by atoms with Crippen molar-refractivity contribution < 1.29 is 9.53 Å². The quantitative estimate of drug-likeness (QED) is 0.555. The van der Waals surface area contributed by atoms with Gasteiger partial charge in [0.1, 0.15) is 11.6 Å². The van der Waals surface area contributed by atoms with Crippen molar-refractivity contribution >= 4 is 23.3 Å². The summed E-state index contributed by atoms with van der Waals surface area (Å²) >= 11 is 5.94. The van der Waals surface area contributed by atoms with Crippen LogP contribution in [0.5, 0.6) is 5.75 Å². The molecule has 8 heteroatoms. The van der Waals surface area contributed by atoms with E-state index < -0.39 is 0 Å². The van der Waals surface area contributed by atoms with Crippen molar-refractivity contribution in [3.63, 3.8) is 0 Å². The van der Waals surface area contributed by atoms with Gasteiger partial charge in [0, 0.05) is 48.2 Å². The molecule has 2 aromatic carbocycles. The number of urea groups is 1. The molecular weight excluding hydrogens is 438 g/mol. The average molecular weight is 466 g/mol. The number of likely N-dealkylation sites (tertiary alicyclic amines) is 1. The lowest BCUT2D eigenvalue weighted by atomic mass is 9.86. The maximum atomic E-state index is 12.7. The van der Waals surface area contributed by atoms with Gasteiger partial charge in [0.05, 0.1) is 13.7 Å². The van der Waals surface area contributed by atoms with E-state index in [4.69, 9.17) is 16.3 Å². The Bertz CT molecular complexity index is 1060. The van der Waals surface area contributed by atoms with Gasteiger partial charge in [-0.2, -0.15) is 0 Å². The molecule has 1 saturated heterocycles. The lowest BCUT2D eigenvalue weighted by molar-refractivity contribution is 0.165. The summed E-state index contributed by atoms with van der Waals surface area (Å²) in [5, 5.41) is 6.71. The van der Waals surface area contributed by atoms with Crippen molar-refractivity contribution in [1.29, 1.82) is 0 Å². The van der Waals surface area contributed by atoms with Gasteiger partial charge in [-0.1, -0.05) is 23.7 Å². The van der Waals surface area contributed by atoms with Crippen molar-refractivity contribution in [3.05, 3.63) is 82.9 Å². The van der Waals surface area contributed by atoms with Crippen LogP contribution in [-0.4, -0.2) is 47.1 Å². The Kier molecular flexibility index (Phi) is 7.42. The van der Waals surface area contributed by atoms with Crippen molar-refractivity contribution in [1.82, 2.24) is 20.2 Å². The topological polar surface area (TPSA) is 79.4 Å². The molecule has 7 nitrogen and oxygen atoms in total. The molecule has 0 radical (unpaired) electrons. The van der Waals surface area contributed by atoms with E-state index in [0.717, 1.165) is 42.2 Å². The van der Waals surface area contributed by atoms with Crippen LogP contribution in [-0.2, 0) is 6.54 Å². The first-order chi connectivity index (χ1) is 16.0. The maximum absolute atomic E-state index is 12.7. The van der Waals surface area contributed by atoms with Gasteiger partial charge in [-0.3, -0.25) is 4.90 Å². The number of anilines is 1. The highest BCUT2D eigenvalue weighted by Gasteiger charge is 2.32. The van der Waals surface area contributed by atoms with Crippen LogP contribution in [0.2, 0.25) is 5.02 Å². The van der Waals surface area contributed by atoms with Crippen LogP contribution in [0, 0.1) is 6.92 Å². The molecule has 4 rings (SSSR count). The summed E-state index contributed by atoms with van der Waals surface area (Å²) in [7, 11) is 1.66. The van der Waals surface area contributed by atoms with Gasteiger partial charge in [-0.25, -0.2) is 14.8 Å². The first-order valence-corrected chi connectivity index (χ1v) is 11.3. The monoisotopic (exact) mass is 465 g/mol. The Morgan fingerprint density at radius 2 is 1.82 bits per heavy atom. The summed E-state index contributed by atoms with van der Waals surface area (Å²) in [5.41, 5.74) is 2.90. The molecule has 0 bridgehead atoms. The maximum Gasteiger partial charge on any atom is 0.319 e. The molecule has 0 saturated carbocycles. The zero-order chi connectivity index (χ0) is 23.2. The van der Waals surface area contributed by atoms with E-state index in [2.05, 4.69) is 37.6 Å². The molecule has 1 aromatic heterocycles. The van der Waals surface area contributed by atoms with Gasteiger partial charge in [0.25, 0.3) is 0 Å². The second-order valence-corrected chi connectivity index (χ2v) is 8.73. The van der Waals surface area contributed by atoms with Gasteiger partial charge < -0.3 is 15.4 Å². The number of hydrogen-bond donors (Lipinski definition) is 2. The number of halogens is 1. The third kappa shape index (κ3) is 6.21. The smallest absolute Gasteiger partial charge is 0.319 e. The number of aryl methyl sites for hydroxylation is 1. The molecule has 3 aromatic rings. The highest BCUT2D eigenvalue weighted by atomic mass is 35.5. The predicted octanol–water partition coefficient (Wildman–Crippen LogP) is 4.63. The van der Waals surface area contributed by atoms with Gasteiger partial charge in [0.2, 0.25) is 0 Å². The summed E-state index contributed by atoms with van der Waals surface area (Å²) in [5.74, 6) is 1.73. The molecule has 2 atom stereocenters. The number of nitrogens with zero attached hydrogens (tertiary/aromatic N) is 3. The molecule has 172 valence electrons. The van der Waals surface area contributed by atoms with E-state index in [0.29, 0.717) is 17.3 Å². The van der Waals surface area contributed by atoms with E-state index in [1.807, 2.05) is 31.5 Å². The zero-order valence-electron chi connectivity index (χ0n) is 18.8. The Labute approximate surface area is 199 Å².